The van der Waals surface area contributed by atoms with Crippen molar-refractivity contribution in [2.45, 2.75) is 42.9 Å². The SMILES string of the molecule is O=C(O)Cc1ccc(Nc2nc(N3CCC(c4ccc(Cl)cn4)CC3)nc3c2[S@](=O)CCC3)c(F)c1. The molecule has 2 N–H and O–H groups in total. The third kappa shape index (κ3) is 5.34. The van der Waals surface area contributed by atoms with Crippen LogP contribution in [0.5, 0.6) is 0 Å². The van der Waals surface area contributed by atoms with Gasteiger partial charge in [0.25, 0.3) is 0 Å². The third-order valence-electron chi connectivity index (χ3n) is 6.48. The first-order chi connectivity index (χ1) is 17.4. The fourth-order valence-electron chi connectivity index (χ4n) is 4.67. The minimum atomic E-state index is -1.29. The van der Waals surface area contributed by atoms with Crippen LogP contribution in [0.15, 0.2) is 41.4 Å². The Morgan fingerprint density at radius 3 is 2.72 bits per heavy atom. The molecule has 0 radical (unpaired) electrons. The van der Waals surface area contributed by atoms with Crippen molar-refractivity contribution in [1.82, 2.24) is 15.0 Å². The first kappa shape index (κ1) is 24.6. The number of carboxylic acids is 1. The minimum Gasteiger partial charge on any atom is -0.481 e. The van der Waals surface area contributed by atoms with Gasteiger partial charge < -0.3 is 15.3 Å². The Bertz CT molecular complexity index is 1320. The molecule has 1 saturated heterocycles. The number of carbonyl (C=O) groups is 1. The molecule has 3 aromatic rings. The lowest BCUT2D eigenvalue weighted by Crippen LogP contribution is -2.35. The van der Waals surface area contributed by atoms with Crippen molar-refractivity contribution in [3.63, 3.8) is 0 Å². The number of nitrogens with zero attached hydrogens (tertiary/aromatic N) is 4. The van der Waals surface area contributed by atoms with Crippen LogP contribution in [0.25, 0.3) is 0 Å². The lowest BCUT2D eigenvalue weighted by Gasteiger charge is -2.32. The number of anilines is 3. The Kier molecular flexibility index (Phi) is 7.15. The van der Waals surface area contributed by atoms with Gasteiger partial charge >= 0.3 is 5.97 Å². The zero-order valence-corrected chi connectivity index (χ0v) is 21.0. The monoisotopic (exact) mass is 529 g/mol. The predicted octanol–water partition coefficient (Wildman–Crippen LogP) is 4.47. The normalized spacial score (nSPS) is 18.1. The lowest BCUT2D eigenvalue weighted by molar-refractivity contribution is -0.136. The van der Waals surface area contributed by atoms with Crippen molar-refractivity contribution >= 4 is 45.8 Å². The summed E-state index contributed by atoms with van der Waals surface area (Å²) in [5.41, 5.74) is 2.24. The highest BCUT2D eigenvalue weighted by Gasteiger charge is 2.28. The van der Waals surface area contributed by atoms with Crippen LogP contribution >= 0.6 is 11.6 Å². The van der Waals surface area contributed by atoms with Crippen LogP contribution in [0.3, 0.4) is 0 Å². The van der Waals surface area contributed by atoms with Gasteiger partial charge in [-0.2, -0.15) is 4.98 Å². The molecule has 2 aliphatic rings. The quantitative estimate of drug-likeness (QED) is 0.481. The maximum atomic E-state index is 14.8. The average Bonchev–Trinajstić information content (AvgIpc) is 2.86. The molecule has 0 amide bonds. The first-order valence-corrected chi connectivity index (χ1v) is 13.5. The molecule has 1 atom stereocenters. The number of fused-ring (bicyclic) bond motifs is 1. The smallest absolute Gasteiger partial charge is 0.307 e. The highest BCUT2D eigenvalue weighted by atomic mass is 35.5. The second-order valence-electron chi connectivity index (χ2n) is 8.97. The molecular formula is C25H25ClFN5O3S. The molecule has 5 rings (SSSR count). The molecule has 0 spiro atoms. The summed E-state index contributed by atoms with van der Waals surface area (Å²) in [6.07, 6.45) is 4.60. The van der Waals surface area contributed by atoms with Crippen LogP contribution in [-0.4, -0.2) is 49.1 Å². The fraction of sp³-hybridized carbons (Fsp3) is 0.360. The van der Waals surface area contributed by atoms with Gasteiger partial charge in [-0.3, -0.25) is 14.0 Å². The van der Waals surface area contributed by atoms with E-state index in [4.69, 9.17) is 26.7 Å². The predicted molar refractivity (Wildman–Crippen MR) is 136 cm³/mol. The van der Waals surface area contributed by atoms with Gasteiger partial charge in [-0.1, -0.05) is 17.7 Å². The van der Waals surface area contributed by atoms with Gasteiger partial charge in [0.05, 0.1) is 33.6 Å². The maximum absolute atomic E-state index is 14.8. The molecule has 188 valence electrons. The van der Waals surface area contributed by atoms with Crippen LogP contribution in [0.4, 0.5) is 21.8 Å². The average molecular weight is 530 g/mol. The minimum absolute atomic E-state index is 0.145. The van der Waals surface area contributed by atoms with Gasteiger partial charge in [-0.25, -0.2) is 9.37 Å². The van der Waals surface area contributed by atoms with Gasteiger partial charge in [-0.15, -0.1) is 0 Å². The molecule has 8 nitrogen and oxygen atoms in total. The van der Waals surface area contributed by atoms with Crippen LogP contribution in [0.2, 0.25) is 5.02 Å². The number of piperidine rings is 1. The molecular weight excluding hydrogens is 505 g/mol. The van der Waals surface area contributed by atoms with Crippen molar-refractivity contribution in [2.75, 3.05) is 29.1 Å². The molecule has 1 aromatic carbocycles. The van der Waals surface area contributed by atoms with Crippen molar-refractivity contribution in [1.29, 1.82) is 0 Å². The highest BCUT2D eigenvalue weighted by Crippen LogP contribution is 2.34. The van der Waals surface area contributed by atoms with Crippen LogP contribution in [-0.2, 0) is 28.4 Å². The molecule has 0 saturated carbocycles. The van der Waals surface area contributed by atoms with Gasteiger partial charge in [0.1, 0.15) is 10.7 Å². The van der Waals surface area contributed by atoms with Gasteiger partial charge in [0.2, 0.25) is 5.95 Å². The number of hydrogen-bond donors (Lipinski definition) is 2. The molecule has 36 heavy (non-hydrogen) atoms. The third-order valence-corrected chi connectivity index (χ3v) is 8.25. The molecule has 11 heteroatoms. The molecule has 0 bridgehead atoms. The Labute approximate surface area is 215 Å². The maximum Gasteiger partial charge on any atom is 0.307 e. The second-order valence-corrected chi connectivity index (χ2v) is 10.9. The molecule has 4 heterocycles. The van der Waals surface area contributed by atoms with E-state index in [0.717, 1.165) is 43.7 Å². The highest BCUT2D eigenvalue weighted by molar-refractivity contribution is 7.85. The van der Waals surface area contributed by atoms with E-state index in [-0.39, 0.29) is 12.1 Å². The van der Waals surface area contributed by atoms with Gasteiger partial charge in [0.15, 0.2) is 5.82 Å². The van der Waals surface area contributed by atoms with Crippen LogP contribution in [0.1, 0.15) is 42.1 Å². The number of nitrogens with one attached hydrogen (secondary N) is 1. The van der Waals surface area contributed by atoms with Crippen LogP contribution in [0, 0.1) is 5.82 Å². The van der Waals surface area contributed by atoms with Gasteiger partial charge in [0, 0.05) is 36.7 Å². The Hall–Kier alpha value is -3.11. The summed E-state index contributed by atoms with van der Waals surface area (Å²) in [7, 11) is -1.29. The van der Waals surface area contributed by atoms with Crippen LogP contribution < -0.4 is 10.2 Å². The molecule has 1 fully saturated rings. The number of hydrogen-bond acceptors (Lipinski definition) is 7. The van der Waals surface area contributed by atoms with Crippen molar-refractivity contribution in [2.24, 2.45) is 0 Å². The lowest BCUT2D eigenvalue weighted by atomic mass is 9.93. The summed E-state index contributed by atoms with van der Waals surface area (Å²) in [6, 6.07) is 8.05. The van der Waals surface area contributed by atoms with E-state index < -0.39 is 22.6 Å². The Morgan fingerprint density at radius 2 is 2.03 bits per heavy atom. The van der Waals surface area contributed by atoms with E-state index in [1.165, 1.54) is 12.1 Å². The van der Waals surface area contributed by atoms with E-state index in [0.29, 0.717) is 45.3 Å². The molecule has 2 aromatic heterocycles. The number of halogens is 2. The summed E-state index contributed by atoms with van der Waals surface area (Å²) in [6.45, 7) is 1.46. The zero-order valence-electron chi connectivity index (χ0n) is 19.4. The number of carboxylic acid groups (broad SMARTS) is 1. The molecule has 2 aliphatic heterocycles. The number of rotatable bonds is 6. The second kappa shape index (κ2) is 10.5. The molecule has 0 aliphatic carbocycles. The summed E-state index contributed by atoms with van der Waals surface area (Å²) in [5.74, 6) is 0.0555. The summed E-state index contributed by atoms with van der Waals surface area (Å²) in [5, 5.41) is 12.6. The number of aryl methyl sites for hydroxylation is 1. The number of benzene rings is 1. The summed E-state index contributed by atoms with van der Waals surface area (Å²) < 4.78 is 27.7. The largest absolute Gasteiger partial charge is 0.481 e. The van der Waals surface area contributed by atoms with Crippen molar-refractivity contribution < 1.29 is 18.5 Å². The van der Waals surface area contributed by atoms with E-state index in [1.807, 2.05) is 12.1 Å². The Morgan fingerprint density at radius 1 is 1.22 bits per heavy atom. The fourth-order valence-corrected chi connectivity index (χ4v) is 6.11. The number of aliphatic carboxylic acids is 1. The summed E-state index contributed by atoms with van der Waals surface area (Å²) >= 11 is 5.97. The van der Waals surface area contributed by atoms with E-state index in [2.05, 4.69) is 15.2 Å². The first-order valence-electron chi connectivity index (χ1n) is 11.8. The van der Waals surface area contributed by atoms with E-state index in [1.54, 1.807) is 12.3 Å². The van der Waals surface area contributed by atoms with E-state index >= 15 is 0 Å². The topological polar surface area (TPSA) is 108 Å². The Balaban J connectivity index is 1.40. The summed E-state index contributed by atoms with van der Waals surface area (Å²) in [4.78, 5) is 27.5. The number of pyridine rings is 1. The number of aromatic nitrogens is 3. The zero-order chi connectivity index (χ0) is 25.2. The van der Waals surface area contributed by atoms with Crippen molar-refractivity contribution in [3.8, 4) is 0 Å². The van der Waals surface area contributed by atoms with Gasteiger partial charge in [-0.05, 0) is 55.5 Å². The van der Waals surface area contributed by atoms with Crippen molar-refractivity contribution in [3.05, 3.63) is 64.3 Å². The van der Waals surface area contributed by atoms with E-state index in [9.17, 15) is 13.4 Å². The standard InChI is InChI=1S/C25H25ClFN5O3S/c26-17-4-6-19(28-14-17)16-7-9-32(10-8-16)25-30-21-2-1-11-36(35)23(21)24(31-25)29-20-5-3-15(12-18(20)27)13-22(33)34/h3-6,12,14,16H,1-2,7-11,13H2,(H,33,34)(H,29,30,31)/t36-/m1/s1. The molecule has 0 unspecified atom stereocenters.